The summed E-state index contributed by atoms with van der Waals surface area (Å²) in [5.41, 5.74) is 5.60. The topological polar surface area (TPSA) is 32.6 Å². The molecule has 0 atom stereocenters. The molecule has 0 aromatic carbocycles. The van der Waals surface area contributed by atoms with Crippen LogP contribution in [0.15, 0.2) is 24.4 Å². The van der Waals surface area contributed by atoms with Crippen LogP contribution in [0.5, 0.6) is 0 Å². The van der Waals surface area contributed by atoms with Gasteiger partial charge in [0.2, 0.25) is 0 Å². The van der Waals surface area contributed by atoms with E-state index >= 15 is 0 Å². The van der Waals surface area contributed by atoms with Gasteiger partial charge in [0, 0.05) is 19.3 Å². The Morgan fingerprint density at radius 2 is 2.18 bits per heavy atom. The average Bonchev–Trinajstić information content (AvgIpc) is 2.53. The highest BCUT2D eigenvalue weighted by Gasteiger charge is 2.16. The van der Waals surface area contributed by atoms with E-state index in [0.29, 0.717) is 0 Å². The third kappa shape index (κ3) is 1.89. The first-order valence-corrected chi connectivity index (χ1v) is 6.31. The summed E-state index contributed by atoms with van der Waals surface area (Å²) in [4.78, 5) is 4.60. The van der Waals surface area contributed by atoms with E-state index in [-0.39, 0.29) is 0 Å². The van der Waals surface area contributed by atoms with E-state index in [0.717, 1.165) is 24.4 Å². The summed E-state index contributed by atoms with van der Waals surface area (Å²) in [5, 5.41) is 2.25. The van der Waals surface area contributed by atoms with Crippen molar-refractivity contribution in [2.45, 2.75) is 26.2 Å². The SMILES string of the molecule is Cc1nc2ccccn2c1N1CCCCCN1. The van der Waals surface area contributed by atoms with Crippen molar-refractivity contribution in [1.29, 1.82) is 0 Å². The van der Waals surface area contributed by atoms with Gasteiger partial charge in [-0.15, -0.1) is 0 Å². The monoisotopic (exact) mass is 230 g/mol. The number of nitrogens with one attached hydrogen (secondary N) is 1. The number of anilines is 1. The third-order valence-corrected chi connectivity index (χ3v) is 3.29. The van der Waals surface area contributed by atoms with Crippen molar-refractivity contribution in [3.63, 3.8) is 0 Å². The number of imidazole rings is 1. The molecule has 0 aliphatic carbocycles. The van der Waals surface area contributed by atoms with E-state index < -0.39 is 0 Å². The van der Waals surface area contributed by atoms with Gasteiger partial charge >= 0.3 is 0 Å². The van der Waals surface area contributed by atoms with Crippen LogP contribution in [0.1, 0.15) is 25.0 Å². The van der Waals surface area contributed by atoms with E-state index in [1.54, 1.807) is 0 Å². The van der Waals surface area contributed by atoms with E-state index in [4.69, 9.17) is 0 Å². The van der Waals surface area contributed by atoms with Gasteiger partial charge in [0.15, 0.2) is 5.82 Å². The minimum absolute atomic E-state index is 1.02. The highest BCUT2D eigenvalue weighted by Crippen LogP contribution is 2.21. The first-order valence-electron chi connectivity index (χ1n) is 6.31. The van der Waals surface area contributed by atoms with Crippen LogP contribution in [-0.4, -0.2) is 22.5 Å². The molecule has 1 aliphatic rings. The largest absolute Gasteiger partial charge is 0.292 e. The lowest BCUT2D eigenvalue weighted by Gasteiger charge is -2.23. The Bertz CT molecular complexity index is 509. The van der Waals surface area contributed by atoms with Crippen molar-refractivity contribution in [2.75, 3.05) is 18.1 Å². The van der Waals surface area contributed by atoms with Gasteiger partial charge in [-0.25, -0.2) is 10.4 Å². The van der Waals surface area contributed by atoms with E-state index in [9.17, 15) is 0 Å². The first kappa shape index (κ1) is 10.6. The maximum Gasteiger partial charge on any atom is 0.150 e. The molecule has 1 saturated heterocycles. The summed E-state index contributed by atoms with van der Waals surface area (Å²) in [5.74, 6) is 1.18. The van der Waals surface area contributed by atoms with Crippen LogP contribution in [0, 0.1) is 6.92 Å². The zero-order valence-electron chi connectivity index (χ0n) is 10.2. The molecule has 90 valence electrons. The molecule has 0 bridgehead atoms. The van der Waals surface area contributed by atoms with Gasteiger partial charge in [-0.1, -0.05) is 12.5 Å². The molecule has 17 heavy (non-hydrogen) atoms. The molecular weight excluding hydrogens is 212 g/mol. The Kier molecular flexibility index (Phi) is 2.73. The zero-order chi connectivity index (χ0) is 11.7. The summed E-state index contributed by atoms with van der Waals surface area (Å²) in [6.07, 6.45) is 5.88. The molecule has 1 aliphatic heterocycles. The number of rotatable bonds is 1. The predicted molar refractivity (Wildman–Crippen MR) is 69.1 cm³/mol. The maximum absolute atomic E-state index is 4.60. The van der Waals surface area contributed by atoms with Crippen molar-refractivity contribution in [2.24, 2.45) is 0 Å². The highest BCUT2D eigenvalue weighted by atomic mass is 15.5. The maximum atomic E-state index is 4.60. The summed E-state index contributed by atoms with van der Waals surface area (Å²) in [7, 11) is 0. The molecule has 2 aromatic rings. The zero-order valence-corrected chi connectivity index (χ0v) is 10.2. The second-order valence-electron chi connectivity index (χ2n) is 4.57. The number of hydrogen-bond donors (Lipinski definition) is 1. The summed E-state index contributed by atoms with van der Waals surface area (Å²) >= 11 is 0. The molecule has 0 spiro atoms. The molecule has 3 heterocycles. The number of nitrogens with zero attached hydrogens (tertiary/aromatic N) is 3. The fraction of sp³-hybridized carbons (Fsp3) is 0.462. The lowest BCUT2D eigenvalue weighted by molar-refractivity contribution is 0.648. The molecule has 0 radical (unpaired) electrons. The Labute approximate surface area is 101 Å². The summed E-state index contributed by atoms with van der Waals surface area (Å²) < 4.78 is 2.16. The predicted octanol–water partition coefficient (Wildman–Crippen LogP) is 2.14. The molecule has 2 aromatic heterocycles. The Balaban J connectivity index is 2.05. The Morgan fingerprint density at radius 1 is 1.24 bits per heavy atom. The lowest BCUT2D eigenvalue weighted by atomic mass is 10.2. The van der Waals surface area contributed by atoms with Crippen molar-refractivity contribution in [3.8, 4) is 0 Å². The molecule has 0 saturated carbocycles. The van der Waals surface area contributed by atoms with Gasteiger partial charge in [-0.3, -0.25) is 9.41 Å². The van der Waals surface area contributed by atoms with Crippen LogP contribution in [-0.2, 0) is 0 Å². The molecule has 0 amide bonds. The van der Waals surface area contributed by atoms with Crippen LogP contribution in [0.2, 0.25) is 0 Å². The normalized spacial score (nSPS) is 17.4. The van der Waals surface area contributed by atoms with Crippen molar-refractivity contribution in [3.05, 3.63) is 30.1 Å². The smallest absolute Gasteiger partial charge is 0.150 e. The van der Waals surface area contributed by atoms with Crippen LogP contribution >= 0.6 is 0 Å². The van der Waals surface area contributed by atoms with Crippen LogP contribution in [0.3, 0.4) is 0 Å². The average molecular weight is 230 g/mol. The molecule has 4 heteroatoms. The van der Waals surface area contributed by atoms with Crippen LogP contribution in [0.4, 0.5) is 5.82 Å². The summed E-state index contributed by atoms with van der Waals surface area (Å²) in [6.45, 7) is 4.19. The first-order chi connectivity index (χ1) is 8.36. The fourth-order valence-corrected chi connectivity index (χ4v) is 2.47. The van der Waals surface area contributed by atoms with Gasteiger partial charge in [-0.05, 0) is 31.9 Å². The second kappa shape index (κ2) is 4.37. The molecule has 3 rings (SSSR count). The van der Waals surface area contributed by atoms with Gasteiger partial charge < -0.3 is 0 Å². The minimum atomic E-state index is 1.02. The van der Waals surface area contributed by atoms with Crippen LogP contribution < -0.4 is 10.4 Å². The van der Waals surface area contributed by atoms with Gasteiger partial charge in [0.25, 0.3) is 0 Å². The number of aromatic nitrogens is 2. The molecular formula is C13H18N4. The lowest BCUT2D eigenvalue weighted by Crippen LogP contribution is -2.38. The number of pyridine rings is 1. The Hall–Kier alpha value is -1.55. The van der Waals surface area contributed by atoms with Crippen molar-refractivity contribution < 1.29 is 0 Å². The van der Waals surface area contributed by atoms with Gasteiger partial charge in [0.1, 0.15) is 5.65 Å². The molecule has 0 unspecified atom stereocenters. The molecule has 1 fully saturated rings. The van der Waals surface area contributed by atoms with Crippen molar-refractivity contribution in [1.82, 2.24) is 14.8 Å². The third-order valence-electron chi connectivity index (χ3n) is 3.29. The number of aryl methyl sites for hydroxylation is 1. The van der Waals surface area contributed by atoms with E-state index in [1.165, 1.54) is 25.1 Å². The fourth-order valence-electron chi connectivity index (χ4n) is 2.47. The summed E-state index contributed by atoms with van der Waals surface area (Å²) in [6, 6.07) is 6.13. The molecule has 1 N–H and O–H groups in total. The molecule has 4 nitrogen and oxygen atoms in total. The number of hydrogen-bond acceptors (Lipinski definition) is 3. The van der Waals surface area contributed by atoms with E-state index in [2.05, 4.69) is 39.0 Å². The van der Waals surface area contributed by atoms with Gasteiger partial charge in [0.05, 0.1) is 5.69 Å². The number of hydrazine groups is 1. The van der Waals surface area contributed by atoms with Crippen molar-refractivity contribution >= 4 is 11.5 Å². The highest BCUT2D eigenvalue weighted by molar-refractivity contribution is 5.55. The Morgan fingerprint density at radius 3 is 3.12 bits per heavy atom. The second-order valence-corrected chi connectivity index (χ2v) is 4.57. The quantitative estimate of drug-likeness (QED) is 0.814. The minimum Gasteiger partial charge on any atom is -0.292 e. The van der Waals surface area contributed by atoms with E-state index in [1.807, 2.05) is 12.1 Å². The number of fused-ring (bicyclic) bond motifs is 1. The standard InChI is InChI=1S/C13H18N4/c1-11-13(17-10-5-2-4-8-14-17)16-9-6-3-7-12(16)15-11/h3,6-7,9,14H,2,4-5,8,10H2,1H3. The van der Waals surface area contributed by atoms with Crippen LogP contribution in [0.25, 0.3) is 5.65 Å². The van der Waals surface area contributed by atoms with Gasteiger partial charge in [-0.2, -0.15) is 0 Å².